The van der Waals surface area contributed by atoms with Gasteiger partial charge in [-0.1, -0.05) is 60.4 Å². The van der Waals surface area contributed by atoms with E-state index in [1.54, 1.807) is 11.3 Å². The number of fused-ring (bicyclic) bond motifs is 1. The molecule has 5 heteroatoms. The first-order valence-electron chi connectivity index (χ1n) is 8.55. The molecule has 1 aromatic carbocycles. The van der Waals surface area contributed by atoms with Gasteiger partial charge in [-0.05, 0) is 25.3 Å². The third-order valence-electron chi connectivity index (χ3n) is 4.67. The van der Waals surface area contributed by atoms with Crippen molar-refractivity contribution in [2.24, 2.45) is 0 Å². The van der Waals surface area contributed by atoms with Gasteiger partial charge < -0.3 is 5.32 Å². The van der Waals surface area contributed by atoms with E-state index < -0.39 is 0 Å². The molecule has 0 atom stereocenters. The summed E-state index contributed by atoms with van der Waals surface area (Å²) in [6, 6.07) is 8.78. The number of carbonyl (C=O) groups is 1. The van der Waals surface area contributed by atoms with Crippen LogP contribution in [-0.4, -0.2) is 21.3 Å². The van der Waals surface area contributed by atoms with Gasteiger partial charge >= 0.3 is 0 Å². The molecule has 1 fully saturated rings. The summed E-state index contributed by atoms with van der Waals surface area (Å²) in [5.41, 5.74) is 2.95. The SMILES string of the molecule is Cc1ccc(-c2cn3cc(C(=O)NC4CCCCC4)nc3s2)cc1. The normalized spacial score (nSPS) is 15.7. The summed E-state index contributed by atoms with van der Waals surface area (Å²) < 4.78 is 1.95. The topological polar surface area (TPSA) is 46.4 Å². The first kappa shape index (κ1) is 15.4. The van der Waals surface area contributed by atoms with Gasteiger partial charge in [0.1, 0.15) is 5.69 Å². The van der Waals surface area contributed by atoms with E-state index in [1.165, 1.54) is 30.4 Å². The lowest BCUT2D eigenvalue weighted by atomic mass is 9.95. The zero-order chi connectivity index (χ0) is 16.5. The number of imidazole rings is 1. The van der Waals surface area contributed by atoms with Crippen molar-refractivity contribution in [3.05, 3.63) is 47.9 Å². The third kappa shape index (κ3) is 3.08. The predicted octanol–water partition coefficient (Wildman–Crippen LogP) is 4.43. The van der Waals surface area contributed by atoms with Gasteiger partial charge in [0.15, 0.2) is 4.96 Å². The molecule has 0 unspecified atom stereocenters. The van der Waals surface area contributed by atoms with Gasteiger partial charge in [-0.15, -0.1) is 0 Å². The number of aryl methyl sites for hydroxylation is 1. The highest BCUT2D eigenvalue weighted by Gasteiger charge is 2.19. The van der Waals surface area contributed by atoms with E-state index in [0.717, 1.165) is 22.7 Å². The van der Waals surface area contributed by atoms with Crippen LogP contribution in [0.2, 0.25) is 0 Å². The summed E-state index contributed by atoms with van der Waals surface area (Å²) in [5, 5.41) is 3.13. The van der Waals surface area contributed by atoms with Crippen LogP contribution in [0.4, 0.5) is 0 Å². The van der Waals surface area contributed by atoms with E-state index in [-0.39, 0.29) is 5.91 Å². The molecule has 0 bridgehead atoms. The maximum atomic E-state index is 12.4. The molecule has 1 aliphatic carbocycles. The zero-order valence-corrected chi connectivity index (χ0v) is 14.6. The summed E-state index contributed by atoms with van der Waals surface area (Å²) in [6.45, 7) is 2.09. The van der Waals surface area contributed by atoms with Crippen LogP contribution in [0.25, 0.3) is 15.4 Å². The Labute approximate surface area is 145 Å². The number of carbonyl (C=O) groups excluding carboxylic acids is 1. The Morgan fingerprint density at radius 2 is 1.92 bits per heavy atom. The average Bonchev–Trinajstić information content (AvgIpc) is 3.15. The molecule has 4 rings (SSSR count). The van der Waals surface area contributed by atoms with Crippen molar-refractivity contribution >= 4 is 22.2 Å². The van der Waals surface area contributed by atoms with Crippen LogP contribution in [0.5, 0.6) is 0 Å². The molecular weight excluding hydrogens is 318 g/mol. The van der Waals surface area contributed by atoms with Crippen molar-refractivity contribution in [2.75, 3.05) is 0 Å². The standard InChI is InChI=1S/C19H21N3OS/c1-13-7-9-14(10-8-13)17-12-22-11-16(21-19(22)24-17)18(23)20-15-5-3-2-4-6-15/h7-12,15H,2-6H2,1H3,(H,20,23). The lowest BCUT2D eigenvalue weighted by Crippen LogP contribution is -2.36. The van der Waals surface area contributed by atoms with Crippen LogP contribution in [-0.2, 0) is 0 Å². The fraction of sp³-hybridized carbons (Fsp3) is 0.368. The van der Waals surface area contributed by atoms with Gasteiger partial charge in [-0.3, -0.25) is 9.20 Å². The molecule has 1 amide bonds. The van der Waals surface area contributed by atoms with Crippen molar-refractivity contribution in [2.45, 2.75) is 45.1 Å². The van der Waals surface area contributed by atoms with Crippen molar-refractivity contribution in [3.8, 4) is 10.4 Å². The minimum atomic E-state index is -0.0466. The van der Waals surface area contributed by atoms with E-state index in [9.17, 15) is 4.79 Å². The van der Waals surface area contributed by atoms with Crippen LogP contribution in [0.3, 0.4) is 0 Å². The third-order valence-corrected chi connectivity index (χ3v) is 5.71. The Kier molecular flexibility index (Phi) is 4.10. The summed E-state index contributed by atoms with van der Waals surface area (Å²) in [4.78, 5) is 18.9. The maximum absolute atomic E-state index is 12.4. The summed E-state index contributed by atoms with van der Waals surface area (Å²) in [5.74, 6) is -0.0466. The fourth-order valence-corrected chi connectivity index (χ4v) is 4.23. The molecule has 0 aliphatic heterocycles. The minimum absolute atomic E-state index is 0.0466. The van der Waals surface area contributed by atoms with Gasteiger partial charge in [0.25, 0.3) is 5.91 Å². The first-order valence-corrected chi connectivity index (χ1v) is 9.37. The summed E-state index contributed by atoms with van der Waals surface area (Å²) in [7, 11) is 0. The smallest absolute Gasteiger partial charge is 0.271 e. The molecule has 1 N–H and O–H groups in total. The highest BCUT2D eigenvalue weighted by Crippen LogP contribution is 2.28. The Hall–Kier alpha value is -2.14. The summed E-state index contributed by atoms with van der Waals surface area (Å²) in [6.07, 6.45) is 9.77. The van der Waals surface area contributed by atoms with E-state index in [4.69, 9.17) is 0 Å². The molecule has 24 heavy (non-hydrogen) atoms. The van der Waals surface area contributed by atoms with Crippen molar-refractivity contribution in [1.82, 2.24) is 14.7 Å². The Morgan fingerprint density at radius 1 is 1.17 bits per heavy atom. The van der Waals surface area contributed by atoms with Crippen molar-refractivity contribution < 1.29 is 4.79 Å². The monoisotopic (exact) mass is 339 g/mol. The Balaban J connectivity index is 1.52. The number of nitrogens with one attached hydrogen (secondary N) is 1. The van der Waals surface area contributed by atoms with Crippen LogP contribution >= 0.6 is 11.3 Å². The van der Waals surface area contributed by atoms with Crippen LogP contribution < -0.4 is 5.32 Å². The Bertz CT molecular complexity index is 825. The van der Waals surface area contributed by atoms with Gasteiger partial charge in [0.2, 0.25) is 0 Å². The number of aromatic nitrogens is 2. The molecule has 0 spiro atoms. The molecule has 2 heterocycles. The molecule has 1 saturated carbocycles. The number of benzene rings is 1. The predicted molar refractivity (Wildman–Crippen MR) is 97.6 cm³/mol. The highest BCUT2D eigenvalue weighted by atomic mass is 32.1. The number of nitrogens with zero attached hydrogens (tertiary/aromatic N) is 2. The zero-order valence-electron chi connectivity index (χ0n) is 13.8. The molecule has 3 aromatic rings. The number of hydrogen-bond donors (Lipinski definition) is 1. The quantitative estimate of drug-likeness (QED) is 0.767. The van der Waals surface area contributed by atoms with Gasteiger partial charge in [0.05, 0.1) is 4.88 Å². The fourth-order valence-electron chi connectivity index (χ4n) is 3.26. The van der Waals surface area contributed by atoms with Gasteiger partial charge in [-0.25, -0.2) is 4.98 Å². The second-order valence-electron chi connectivity index (χ2n) is 6.59. The van der Waals surface area contributed by atoms with Gasteiger partial charge in [-0.2, -0.15) is 0 Å². The second kappa shape index (κ2) is 6.40. The molecule has 2 aromatic heterocycles. The molecule has 4 nitrogen and oxygen atoms in total. The highest BCUT2D eigenvalue weighted by molar-refractivity contribution is 7.20. The van der Waals surface area contributed by atoms with Gasteiger partial charge in [0, 0.05) is 18.4 Å². The van der Waals surface area contributed by atoms with Crippen LogP contribution in [0, 0.1) is 6.92 Å². The number of rotatable bonds is 3. The van der Waals surface area contributed by atoms with Crippen molar-refractivity contribution in [1.29, 1.82) is 0 Å². The Morgan fingerprint density at radius 3 is 2.62 bits per heavy atom. The molecule has 0 saturated heterocycles. The maximum Gasteiger partial charge on any atom is 0.271 e. The molecule has 1 aliphatic rings. The van der Waals surface area contributed by atoms with E-state index in [1.807, 2.05) is 10.6 Å². The summed E-state index contributed by atoms with van der Waals surface area (Å²) >= 11 is 1.61. The average molecular weight is 339 g/mol. The van der Waals surface area contributed by atoms with Crippen LogP contribution in [0.1, 0.15) is 48.2 Å². The lowest BCUT2D eigenvalue weighted by molar-refractivity contribution is 0.0923. The lowest BCUT2D eigenvalue weighted by Gasteiger charge is -2.22. The van der Waals surface area contributed by atoms with Crippen LogP contribution in [0.15, 0.2) is 36.7 Å². The second-order valence-corrected chi connectivity index (χ2v) is 7.59. The van der Waals surface area contributed by atoms with Crippen molar-refractivity contribution in [3.63, 3.8) is 0 Å². The largest absolute Gasteiger partial charge is 0.348 e. The number of hydrogen-bond acceptors (Lipinski definition) is 3. The number of thiazole rings is 1. The van der Waals surface area contributed by atoms with E-state index >= 15 is 0 Å². The first-order chi connectivity index (χ1) is 11.7. The molecular formula is C19H21N3OS. The molecule has 124 valence electrons. The minimum Gasteiger partial charge on any atom is -0.348 e. The van der Waals surface area contributed by atoms with E-state index in [0.29, 0.717) is 11.7 Å². The van der Waals surface area contributed by atoms with E-state index in [2.05, 4.69) is 47.7 Å². The number of amides is 1. The molecule has 0 radical (unpaired) electrons.